The average Bonchev–Trinajstić information content (AvgIpc) is 2.58. The van der Waals surface area contributed by atoms with Gasteiger partial charge in [0, 0.05) is 39.3 Å². The van der Waals surface area contributed by atoms with Crippen LogP contribution in [0, 0.1) is 0 Å². The highest BCUT2D eigenvalue weighted by Gasteiger charge is 2.12. The standard InChI is InChI=1S/C17H34N2O6/c1-5-22-16(23-6-2)12-18-14(20)10-9-11-15(21)19-13-17(24-7-3)25-8-4/h16-17H,5-13H2,1-4H3,(H,18,20)(H,19,21). The van der Waals surface area contributed by atoms with Gasteiger partial charge < -0.3 is 29.6 Å². The van der Waals surface area contributed by atoms with Crippen LogP contribution in [0.15, 0.2) is 0 Å². The lowest BCUT2D eigenvalue weighted by molar-refractivity contribution is -0.141. The van der Waals surface area contributed by atoms with Crippen molar-refractivity contribution in [1.82, 2.24) is 10.6 Å². The van der Waals surface area contributed by atoms with E-state index in [1.54, 1.807) is 0 Å². The van der Waals surface area contributed by atoms with Crippen molar-refractivity contribution in [3.8, 4) is 0 Å². The molecule has 0 bridgehead atoms. The van der Waals surface area contributed by atoms with E-state index in [1.165, 1.54) is 0 Å². The Morgan fingerprint density at radius 1 is 0.680 bits per heavy atom. The first-order valence-electron chi connectivity index (χ1n) is 9.06. The highest BCUT2D eigenvalue weighted by molar-refractivity contribution is 5.78. The lowest BCUT2D eigenvalue weighted by Crippen LogP contribution is -2.36. The van der Waals surface area contributed by atoms with E-state index in [1.807, 2.05) is 27.7 Å². The van der Waals surface area contributed by atoms with Crippen molar-refractivity contribution in [3.63, 3.8) is 0 Å². The zero-order valence-corrected chi connectivity index (χ0v) is 16.0. The summed E-state index contributed by atoms with van der Waals surface area (Å²) in [5, 5.41) is 5.50. The molecule has 0 saturated heterocycles. The Balaban J connectivity index is 3.85. The zero-order valence-electron chi connectivity index (χ0n) is 16.0. The maximum absolute atomic E-state index is 11.8. The summed E-state index contributed by atoms with van der Waals surface area (Å²) in [5.74, 6) is -0.252. The monoisotopic (exact) mass is 362 g/mol. The van der Waals surface area contributed by atoms with E-state index in [0.29, 0.717) is 45.9 Å². The summed E-state index contributed by atoms with van der Waals surface area (Å²) in [6.07, 6.45) is 0.157. The average molecular weight is 362 g/mol. The van der Waals surface area contributed by atoms with Gasteiger partial charge in [0.15, 0.2) is 12.6 Å². The summed E-state index contributed by atoms with van der Waals surface area (Å²) in [7, 11) is 0. The molecule has 0 spiro atoms. The zero-order chi connectivity index (χ0) is 18.9. The Labute approximate surface area is 150 Å². The van der Waals surface area contributed by atoms with Crippen LogP contribution in [-0.4, -0.2) is 63.9 Å². The van der Waals surface area contributed by atoms with Gasteiger partial charge in [-0.25, -0.2) is 0 Å². The summed E-state index contributed by atoms with van der Waals surface area (Å²) in [5.41, 5.74) is 0. The summed E-state index contributed by atoms with van der Waals surface area (Å²) >= 11 is 0. The fourth-order valence-electron chi connectivity index (χ4n) is 2.06. The van der Waals surface area contributed by atoms with Gasteiger partial charge in [-0.15, -0.1) is 0 Å². The van der Waals surface area contributed by atoms with E-state index in [2.05, 4.69) is 10.6 Å². The molecule has 0 aliphatic rings. The van der Waals surface area contributed by atoms with Crippen molar-refractivity contribution in [2.45, 2.75) is 59.5 Å². The van der Waals surface area contributed by atoms with E-state index >= 15 is 0 Å². The number of carbonyl (C=O) groups excluding carboxylic acids is 2. The Kier molecular flexibility index (Phi) is 15.5. The molecule has 25 heavy (non-hydrogen) atoms. The molecule has 0 aliphatic carbocycles. The first-order valence-corrected chi connectivity index (χ1v) is 9.06. The highest BCUT2D eigenvalue weighted by atomic mass is 16.7. The summed E-state index contributed by atoms with van der Waals surface area (Å²) < 4.78 is 21.4. The Hall–Kier alpha value is -1.22. The minimum Gasteiger partial charge on any atom is -0.351 e. The summed E-state index contributed by atoms with van der Waals surface area (Å²) in [4.78, 5) is 23.6. The van der Waals surface area contributed by atoms with Crippen LogP contribution in [0.3, 0.4) is 0 Å². The minimum absolute atomic E-state index is 0.126. The van der Waals surface area contributed by atoms with E-state index < -0.39 is 12.6 Å². The van der Waals surface area contributed by atoms with Gasteiger partial charge >= 0.3 is 0 Å². The number of carbonyl (C=O) groups is 2. The number of ether oxygens (including phenoxy) is 4. The van der Waals surface area contributed by atoms with Gasteiger partial charge in [-0.1, -0.05) is 0 Å². The highest BCUT2D eigenvalue weighted by Crippen LogP contribution is 1.99. The van der Waals surface area contributed by atoms with Gasteiger partial charge in [0.25, 0.3) is 0 Å². The van der Waals surface area contributed by atoms with Crippen LogP contribution < -0.4 is 10.6 Å². The first-order chi connectivity index (χ1) is 12.1. The molecule has 0 radical (unpaired) electrons. The summed E-state index contributed by atoms with van der Waals surface area (Å²) in [6.45, 7) is 10.2. The minimum atomic E-state index is -0.434. The third-order valence-corrected chi connectivity index (χ3v) is 3.15. The second-order valence-corrected chi connectivity index (χ2v) is 5.14. The molecule has 0 saturated carbocycles. The number of nitrogens with one attached hydrogen (secondary N) is 2. The van der Waals surface area contributed by atoms with E-state index in [0.717, 1.165) is 0 Å². The number of amides is 2. The van der Waals surface area contributed by atoms with Crippen LogP contribution in [0.4, 0.5) is 0 Å². The molecule has 8 nitrogen and oxygen atoms in total. The van der Waals surface area contributed by atoms with Crippen LogP contribution in [0.2, 0.25) is 0 Å². The molecule has 148 valence electrons. The van der Waals surface area contributed by atoms with Crippen molar-refractivity contribution >= 4 is 11.8 Å². The molecule has 2 amide bonds. The molecule has 2 N–H and O–H groups in total. The second-order valence-electron chi connectivity index (χ2n) is 5.14. The number of rotatable bonds is 16. The van der Waals surface area contributed by atoms with Crippen LogP contribution >= 0.6 is 0 Å². The molecule has 0 aromatic rings. The Morgan fingerprint density at radius 3 is 1.28 bits per heavy atom. The van der Waals surface area contributed by atoms with Crippen LogP contribution in [-0.2, 0) is 28.5 Å². The lowest BCUT2D eigenvalue weighted by atomic mass is 10.2. The van der Waals surface area contributed by atoms with Crippen molar-refractivity contribution in [2.75, 3.05) is 39.5 Å². The third kappa shape index (κ3) is 13.7. The molecule has 0 rings (SSSR count). The van der Waals surface area contributed by atoms with Gasteiger partial charge in [-0.2, -0.15) is 0 Å². The molecule has 0 fully saturated rings. The fourth-order valence-corrected chi connectivity index (χ4v) is 2.06. The second kappa shape index (κ2) is 16.3. The SMILES string of the molecule is CCOC(CNC(=O)CCCC(=O)NCC(OCC)OCC)OCC. The normalized spacial score (nSPS) is 11.1. The maximum atomic E-state index is 11.8. The Bertz CT molecular complexity index is 310. The molecule has 0 heterocycles. The van der Waals surface area contributed by atoms with Crippen molar-refractivity contribution in [1.29, 1.82) is 0 Å². The largest absolute Gasteiger partial charge is 0.351 e. The first kappa shape index (κ1) is 23.8. The molecule has 0 aromatic carbocycles. The van der Waals surface area contributed by atoms with E-state index in [-0.39, 0.29) is 24.7 Å². The van der Waals surface area contributed by atoms with Gasteiger partial charge in [-0.3, -0.25) is 9.59 Å². The molecule has 8 heteroatoms. The van der Waals surface area contributed by atoms with E-state index in [4.69, 9.17) is 18.9 Å². The quantitative estimate of drug-likeness (QED) is 0.401. The predicted molar refractivity (Wildman–Crippen MR) is 94.0 cm³/mol. The lowest BCUT2D eigenvalue weighted by Gasteiger charge is -2.18. The van der Waals surface area contributed by atoms with Crippen LogP contribution in [0.1, 0.15) is 47.0 Å². The molecule has 0 atom stereocenters. The van der Waals surface area contributed by atoms with Gasteiger partial charge in [-0.05, 0) is 34.1 Å². The molecule has 0 aliphatic heterocycles. The van der Waals surface area contributed by atoms with Gasteiger partial charge in [0.1, 0.15) is 0 Å². The Morgan fingerprint density at radius 2 is 1.00 bits per heavy atom. The summed E-state index contributed by atoms with van der Waals surface area (Å²) in [6, 6.07) is 0. The topological polar surface area (TPSA) is 95.1 Å². The van der Waals surface area contributed by atoms with Crippen LogP contribution in [0.25, 0.3) is 0 Å². The van der Waals surface area contributed by atoms with Crippen LogP contribution in [0.5, 0.6) is 0 Å². The maximum Gasteiger partial charge on any atom is 0.220 e. The number of hydrogen-bond acceptors (Lipinski definition) is 6. The third-order valence-electron chi connectivity index (χ3n) is 3.15. The molecule has 0 unspecified atom stereocenters. The van der Waals surface area contributed by atoms with Crippen molar-refractivity contribution < 1.29 is 28.5 Å². The molecular formula is C17H34N2O6. The van der Waals surface area contributed by atoms with Gasteiger partial charge in [0.05, 0.1) is 13.1 Å². The van der Waals surface area contributed by atoms with Gasteiger partial charge in [0.2, 0.25) is 11.8 Å². The molecule has 0 aromatic heterocycles. The van der Waals surface area contributed by atoms with E-state index in [9.17, 15) is 9.59 Å². The smallest absolute Gasteiger partial charge is 0.220 e. The van der Waals surface area contributed by atoms with Crippen molar-refractivity contribution in [2.24, 2.45) is 0 Å². The predicted octanol–water partition coefficient (Wildman–Crippen LogP) is 1.19. The number of hydrogen-bond donors (Lipinski definition) is 2. The molecular weight excluding hydrogens is 328 g/mol. The fraction of sp³-hybridized carbons (Fsp3) is 0.882. The van der Waals surface area contributed by atoms with Crippen molar-refractivity contribution in [3.05, 3.63) is 0 Å².